The number of likely N-dealkylation sites (tertiary alicyclic amines) is 1. The number of carbonyl (C=O) groups is 2. The molecule has 0 radical (unpaired) electrons. The summed E-state index contributed by atoms with van der Waals surface area (Å²) in [4.78, 5) is 26.7. The van der Waals surface area contributed by atoms with Crippen LogP contribution in [0, 0.1) is 12.8 Å². The van der Waals surface area contributed by atoms with Gasteiger partial charge in [0.1, 0.15) is 6.04 Å². The SMILES string of the molecule is Cc1cn(-c2ccccc2)nc1C(=O)N1C(C(=O)O)CC2CCCCC21. The lowest BCUT2D eigenvalue weighted by Gasteiger charge is -2.32. The largest absolute Gasteiger partial charge is 0.480 e. The number of rotatable bonds is 3. The molecular formula is C20H23N3O3. The van der Waals surface area contributed by atoms with Gasteiger partial charge in [0, 0.05) is 17.8 Å². The Kier molecular flexibility index (Phi) is 4.26. The number of hydrogen-bond donors (Lipinski definition) is 1. The molecule has 1 saturated heterocycles. The molecule has 3 unspecified atom stereocenters. The second kappa shape index (κ2) is 6.59. The molecule has 1 aliphatic carbocycles. The van der Waals surface area contributed by atoms with Gasteiger partial charge < -0.3 is 10.0 Å². The first-order chi connectivity index (χ1) is 12.6. The zero-order valence-electron chi connectivity index (χ0n) is 14.8. The normalized spacial score (nSPS) is 25.1. The van der Waals surface area contributed by atoms with E-state index in [0.29, 0.717) is 18.0 Å². The van der Waals surface area contributed by atoms with Crippen molar-refractivity contribution in [1.82, 2.24) is 14.7 Å². The molecule has 2 fully saturated rings. The second-order valence-corrected chi connectivity index (χ2v) is 7.35. The van der Waals surface area contributed by atoms with E-state index in [1.807, 2.05) is 43.5 Å². The molecule has 1 saturated carbocycles. The molecule has 2 aromatic rings. The quantitative estimate of drug-likeness (QED) is 0.920. The number of aryl methyl sites for hydroxylation is 1. The van der Waals surface area contributed by atoms with E-state index in [1.54, 1.807) is 9.58 Å². The molecule has 1 N–H and O–H groups in total. The smallest absolute Gasteiger partial charge is 0.326 e. The molecule has 3 atom stereocenters. The number of aliphatic carboxylic acids is 1. The fraction of sp³-hybridized carbons (Fsp3) is 0.450. The highest BCUT2D eigenvalue weighted by Gasteiger charge is 2.48. The van der Waals surface area contributed by atoms with Crippen LogP contribution in [0.5, 0.6) is 0 Å². The predicted octanol–water partition coefficient (Wildman–Crippen LogP) is 3.04. The van der Waals surface area contributed by atoms with Crippen molar-refractivity contribution in [2.45, 2.75) is 51.1 Å². The minimum absolute atomic E-state index is 0.0265. The third kappa shape index (κ3) is 2.79. The summed E-state index contributed by atoms with van der Waals surface area (Å²) in [7, 11) is 0. The molecule has 0 spiro atoms. The predicted molar refractivity (Wildman–Crippen MR) is 96.3 cm³/mol. The lowest BCUT2D eigenvalue weighted by Crippen LogP contribution is -2.46. The first-order valence-corrected chi connectivity index (χ1v) is 9.23. The van der Waals surface area contributed by atoms with Crippen molar-refractivity contribution in [3.05, 3.63) is 47.8 Å². The van der Waals surface area contributed by atoms with Crippen LogP contribution in [0.25, 0.3) is 5.69 Å². The summed E-state index contributed by atoms with van der Waals surface area (Å²) in [6.07, 6.45) is 6.46. The lowest BCUT2D eigenvalue weighted by atomic mass is 9.84. The van der Waals surface area contributed by atoms with Gasteiger partial charge in [0.05, 0.1) is 5.69 Å². The number of carbonyl (C=O) groups excluding carboxylic acids is 1. The maximum Gasteiger partial charge on any atom is 0.326 e. The fourth-order valence-electron chi connectivity index (χ4n) is 4.48. The van der Waals surface area contributed by atoms with E-state index in [0.717, 1.165) is 36.9 Å². The molecule has 1 aromatic heterocycles. The van der Waals surface area contributed by atoms with Gasteiger partial charge in [-0.05, 0) is 44.2 Å². The van der Waals surface area contributed by atoms with E-state index >= 15 is 0 Å². The molecule has 4 rings (SSSR count). The number of aromatic nitrogens is 2. The average molecular weight is 353 g/mol. The van der Waals surface area contributed by atoms with E-state index in [4.69, 9.17) is 0 Å². The number of amides is 1. The number of carboxylic acids is 1. The number of carboxylic acid groups (broad SMARTS) is 1. The van der Waals surface area contributed by atoms with Gasteiger partial charge in [-0.3, -0.25) is 4.79 Å². The van der Waals surface area contributed by atoms with Crippen LogP contribution in [0.1, 0.15) is 48.2 Å². The zero-order valence-corrected chi connectivity index (χ0v) is 14.8. The molecule has 0 bridgehead atoms. The van der Waals surface area contributed by atoms with Gasteiger partial charge in [0.25, 0.3) is 5.91 Å². The van der Waals surface area contributed by atoms with Gasteiger partial charge in [0.2, 0.25) is 0 Å². The lowest BCUT2D eigenvalue weighted by molar-refractivity contribution is -0.141. The van der Waals surface area contributed by atoms with Crippen LogP contribution in [0.15, 0.2) is 36.5 Å². The molecule has 6 heteroatoms. The van der Waals surface area contributed by atoms with Crippen LogP contribution in [0.2, 0.25) is 0 Å². The van der Waals surface area contributed by atoms with E-state index in [2.05, 4.69) is 5.10 Å². The molecule has 6 nitrogen and oxygen atoms in total. The Balaban J connectivity index is 1.68. The Bertz CT molecular complexity index is 830. The summed E-state index contributed by atoms with van der Waals surface area (Å²) in [5.74, 6) is -0.864. The Morgan fingerprint density at radius 2 is 1.88 bits per heavy atom. The van der Waals surface area contributed by atoms with Gasteiger partial charge in [-0.15, -0.1) is 0 Å². The topological polar surface area (TPSA) is 75.4 Å². The van der Waals surface area contributed by atoms with E-state index in [-0.39, 0.29) is 11.9 Å². The van der Waals surface area contributed by atoms with Crippen molar-refractivity contribution in [3.63, 3.8) is 0 Å². The highest BCUT2D eigenvalue weighted by atomic mass is 16.4. The van der Waals surface area contributed by atoms with Crippen molar-refractivity contribution < 1.29 is 14.7 Å². The Morgan fingerprint density at radius 3 is 2.62 bits per heavy atom. The number of benzene rings is 1. The Labute approximate surface area is 152 Å². The highest BCUT2D eigenvalue weighted by molar-refractivity contribution is 5.96. The molecular weight excluding hydrogens is 330 g/mol. The maximum absolute atomic E-state index is 13.3. The summed E-state index contributed by atoms with van der Waals surface area (Å²) in [5, 5.41) is 14.1. The summed E-state index contributed by atoms with van der Waals surface area (Å²) in [6, 6.07) is 8.90. The minimum Gasteiger partial charge on any atom is -0.480 e. The van der Waals surface area contributed by atoms with Crippen LogP contribution in [0.4, 0.5) is 0 Å². The minimum atomic E-state index is -0.909. The van der Waals surface area contributed by atoms with Crippen LogP contribution in [-0.2, 0) is 4.79 Å². The maximum atomic E-state index is 13.3. The van der Waals surface area contributed by atoms with Crippen LogP contribution >= 0.6 is 0 Å². The summed E-state index contributed by atoms with van der Waals surface area (Å²) >= 11 is 0. The number of para-hydroxylation sites is 1. The summed E-state index contributed by atoms with van der Waals surface area (Å²) in [5.41, 5.74) is 2.00. The third-order valence-corrected chi connectivity index (χ3v) is 5.73. The molecule has 1 aromatic carbocycles. The van der Waals surface area contributed by atoms with Gasteiger partial charge in [-0.1, -0.05) is 31.0 Å². The molecule has 136 valence electrons. The third-order valence-electron chi connectivity index (χ3n) is 5.73. The van der Waals surface area contributed by atoms with E-state index in [1.165, 1.54) is 0 Å². The van der Waals surface area contributed by atoms with Crippen molar-refractivity contribution in [1.29, 1.82) is 0 Å². The first kappa shape index (κ1) is 16.8. The molecule has 26 heavy (non-hydrogen) atoms. The molecule has 2 heterocycles. The highest BCUT2D eigenvalue weighted by Crippen LogP contribution is 2.40. The summed E-state index contributed by atoms with van der Waals surface area (Å²) < 4.78 is 1.69. The Hall–Kier alpha value is -2.63. The Morgan fingerprint density at radius 1 is 1.15 bits per heavy atom. The standard InChI is InChI=1S/C20H23N3O3/c1-13-12-22(15-8-3-2-4-9-15)21-18(13)19(24)23-16-10-6-5-7-14(16)11-17(23)20(25)26/h2-4,8-9,12,14,16-17H,5-7,10-11H2,1H3,(H,25,26). The van der Waals surface area contributed by atoms with Crippen LogP contribution < -0.4 is 0 Å². The zero-order chi connectivity index (χ0) is 18.3. The van der Waals surface area contributed by atoms with Crippen LogP contribution in [-0.4, -0.2) is 43.7 Å². The van der Waals surface area contributed by atoms with Gasteiger partial charge >= 0.3 is 5.97 Å². The van der Waals surface area contributed by atoms with Crippen molar-refractivity contribution in [2.24, 2.45) is 5.92 Å². The van der Waals surface area contributed by atoms with E-state index in [9.17, 15) is 14.7 Å². The second-order valence-electron chi connectivity index (χ2n) is 7.35. The fourth-order valence-corrected chi connectivity index (χ4v) is 4.48. The van der Waals surface area contributed by atoms with E-state index < -0.39 is 12.0 Å². The molecule has 1 amide bonds. The monoisotopic (exact) mass is 353 g/mol. The molecule has 2 aliphatic rings. The van der Waals surface area contributed by atoms with Crippen molar-refractivity contribution in [3.8, 4) is 5.69 Å². The van der Waals surface area contributed by atoms with Crippen molar-refractivity contribution >= 4 is 11.9 Å². The van der Waals surface area contributed by atoms with Gasteiger partial charge in [0.15, 0.2) is 5.69 Å². The van der Waals surface area contributed by atoms with Crippen molar-refractivity contribution in [2.75, 3.05) is 0 Å². The first-order valence-electron chi connectivity index (χ1n) is 9.23. The van der Waals surface area contributed by atoms with Gasteiger partial charge in [-0.25, -0.2) is 9.48 Å². The number of nitrogens with zero attached hydrogens (tertiary/aromatic N) is 3. The van der Waals surface area contributed by atoms with Crippen LogP contribution in [0.3, 0.4) is 0 Å². The van der Waals surface area contributed by atoms with Gasteiger partial charge in [-0.2, -0.15) is 5.10 Å². The number of fused-ring (bicyclic) bond motifs is 1. The average Bonchev–Trinajstić information content (AvgIpc) is 3.23. The number of hydrogen-bond acceptors (Lipinski definition) is 3. The molecule has 1 aliphatic heterocycles. The summed E-state index contributed by atoms with van der Waals surface area (Å²) in [6.45, 7) is 1.85.